The molecule has 0 saturated carbocycles. The van der Waals surface area contributed by atoms with Gasteiger partial charge in [-0.25, -0.2) is 0 Å². The van der Waals surface area contributed by atoms with Crippen LogP contribution in [-0.2, 0) is 18.4 Å². The van der Waals surface area contributed by atoms with Gasteiger partial charge in [0.2, 0.25) is 0 Å². The minimum atomic E-state index is -0.578. The third-order valence-corrected chi connectivity index (χ3v) is 3.78. The van der Waals surface area contributed by atoms with Crippen molar-refractivity contribution >= 4 is 5.91 Å². The number of hydrogen-bond donors (Lipinski definition) is 1. The molecule has 1 amide bonds. The van der Waals surface area contributed by atoms with Crippen LogP contribution in [0.25, 0.3) is 11.3 Å². The average molecular weight is 336 g/mol. The topological polar surface area (TPSA) is 69.0 Å². The Hall–Kier alpha value is -3.15. The van der Waals surface area contributed by atoms with Crippen LogP contribution in [0, 0.1) is 0 Å². The predicted molar refractivity (Wildman–Crippen MR) is 94.8 cm³/mol. The maximum Gasteiger partial charge on any atom is 0.261 e. The van der Waals surface area contributed by atoms with Gasteiger partial charge in [-0.1, -0.05) is 18.2 Å². The molecule has 6 heteroatoms. The third-order valence-electron chi connectivity index (χ3n) is 3.78. The van der Waals surface area contributed by atoms with E-state index in [0.29, 0.717) is 12.3 Å². The Balaban J connectivity index is 1.59. The van der Waals surface area contributed by atoms with Gasteiger partial charge in [-0.3, -0.25) is 14.5 Å². The number of amides is 1. The smallest absolute Gasteiger partial charge is 0.261 e. The summed E-state index contributed by atoms with van der Waals surface area (Å²) in [6, 6.07) is 15.1. The molecule has 2 aromatic heterocycles. The quantitative estimate of drug-likeness (QED) is 0.751. The van der Waals surface area contributed by atoms with Crippen molar-refractivity contribution in [2.24, 2.45) is 7.05 Å². The summed E-state index contributed by atoms with van der Waals surface area (Å²) in [5.41, 5.74) is 2.79. The van der Waals surface area contributed by atoms with E-state index in [1.807, 2.05) is 55.6 Å². The highest BCUT2D eigenvalue weighted by molar-refractivity contribution is 5.80. The lowest BCUT2D eigenvalue weighted by molar-refractivity contribution is -0.127. The fourth-order valence-corrected chi connectivity index (χ4v) is 2.48. The largest absolute Gasteiger partial charge is 0.481 e. The molecule has 0 aliphatic heterocycles. The van der Waals surface area contributed by atoms with Crippen LogP contribution in [0.5, 0.6) is 5.75 Å². The third kappa shape index (κ3) is 4.23. The molecule has 0 saturated heterocycles. The van der Waals surface area contributed by atoms with E-state index in [9.17, 15) is 4.79 Å². The number of aromatic nitrogens is 3. The summed E-state index contributed by atoms with van der Waals surface area (Å²) in [6.45, 7) is 2.07. The van der Waals surface area contributed by atoms with E-state index in [1.165, 1.54) is 0 Å². The first-order valence-corrected chi connectivity index (χ1v) is 8.06. The second-order valence-electron chi connectivity index (χ2n) is 5.67. The first-order valence-electron chi connectivity index (χ1n) is 8.06. The summed E-state index contributed by atoms with van der Waals surface area (Å²) in [4.78, 5) is 16.2. The van der Waals surface area contributed by atoms with Crippen molar-refractivity contribution in [3.63, 3.8) is 0 Å². The molecule has 1 aromatic carbocycles. The zero-order valence-corrected chi connectivity index (χ0v) is 14.2. The molecule has 0 bridgehead atoms. The van der Waals surface area contributed by atoms with Gasteiger partial charge >= 0.3 is 0 Å². The second-order valence-corrected chi connectivity index (χ2v) is 5.67. The van der Waals surface area contributed by atoms with E-state index in [1.54, 1.807) is 24.0 Å². The van der Waals surface area contributed by atoms with Gasteiger partial charge < -0.3 is 10.1 Å². The molecule has 6 nitrogen and oxygen atoms in total. The zero-order chi connectivity index (χ0) is 17.6. The van der Waals surface area contributed by atoms with Crippen molar-refractivity contribution < 1.29 is 9.53 Å². The van der Waals surface area contributed by atoms with Crippen LogP contribution in [-0.4, -0.2) is 26.8 Å². The number of carbonyl (C=O) groups is 1. The van der Waals surface area contributed by atoms with Crippen molar-refractivity contribution in [1.82, 2.24) is 20.1 Å². The van der Waals surface area contributed by atoms with Crippen LogP contribution in [0.2, 0.25) is 0 Å². The lowest BCUT2D eigenvalue weighted by atomic mass is 10.2. The molecule has 2 heterocycles. The highest BCUT2D eigenvalue weighted by Crippen LogP contribution is 2.18. The highest BCUT2D eigenvalue weighted by atomic mass is 16.5. The molecule has 0 spiro atoms. The Morgan fingerprint density at radius 1 is 1.20 bits per heavy atom. The fraction of sp³-hybridized carbons (Fsp3) is 0.211. The Labute approximate surface area is 146 Å². The van der Waals surface area contributed by atoms with Crippen LogP contribution >= 0.6 is 0 Å². The molecule has 0 fully saturated rings. The maximum absolute atomic E-state index is 12.2. The van der Waals surface area contributed by atoms with Gasteiger partial charge in [0.15, 0.2) is 6.10 Å². The number of para-hydroxylation sites is 1. The summed E-state index contributed by atoms with van der Waals surface area (Å²) in [7, 11) is 1.88. The molecule has 1 atom stereocenters. The molecule has 3 rings (SSSR count). The van der Waals surface area contributed by atoms with Gasteiger partial charge in [0.05, 0.1) is 17.9 Å². The van der Waals surface area contributed by atoms with Crippen molar-refractivity contribution in [3.8, 4) is 17.0 Å². The number of hydrogen-bond acceptors (Lipinski definition) is 4. The van der Waals surface area contributed by atoms with Gasteiger partial charge in [0.25, 0.3) is 5.91 Å². The molecule has 1 N–H and O–H groups in total. The Bertz CT molecular complexity index is 831. The predicted octanol–water partition coefficient (Wildman–Crippen LogP) is 2.57. The number of ether oxygens (including phenoxy) is 1. The van der Waals surface area contributed by atoms with Crippen molar-refractivity contribution in [2.45, 2.75) is 19.6 Å². The molecular formula is C19H20N4O2. The normalized spacial score (nSPS) is 11.8. The van der Waals surface area contributed by atoms with E-state index < -0.39 is 6.10 Å². The van der Waals surface area contributed by atoms with Gasteiger partial charge in [0.1, 0.15) is 5.75 Å². The number of carbonyl (C=O) groups excluding carboxylic acids is 1. The molecule has 25 heavy (non-hydrogen) atoms. The van der Waals surface area contributed by atoms with Gasteiger partial charge in [-0.2, -0.15) is 5.10 Å². The number of pyridine rings is 1. The lowest BCUT2D eigenvalue weighted by Crippen LogP contribution is -2.36. The van der Waals surface area contributed by atoms with Gasteiger partial charge in [0, 0.05) is 25.0 Å². The first kappa shape index (κ1) is 16.7. The van der Waals surface area contributed by atoms with E-state index in [-0.39, 0.29) is 5.91 Å². The average Bonchev–Trinajstić information content (AvgIpc) is 3.02. The zero-order valence-electron chi connectivity index (χ0n) is 14.2. The first-order chi connectivity index (χ1) is 12.1. The van der Waals surface area contributed by atoms with Crippen LogP contribution in [0.15, 0.2) is 60.9 Å². The molecule has 1 unspecified atom stereocenters. The molecule has 0 aliphatic carbocycles. The minimum absolute atomic E-state index is 0.181. The van der Waals surface area contributed by atoms with Crippen LogP contribution in [0.1, 0.15) is 12.6 Å². The van der Waals surface area contributed by atoms with E-state index >= 15 is 0 Å². The summed E-state index contributed by atoms with van der Waals surface area (Å²) in [6.07, 6.45) is 2.91. The Morgan fingerprint density at radius 2 is 1.92 bits per heavy atom. The summed E-state index contributed by atoms with van der Waals surface area (Å²) in [5, 5.41) is 7.30. The highest BCUT2D eigenvalue weighted by Gasteiger charge is 2.15. The van der Waals surface area contributed by atoms with Gasteiger partial charge in [-0.15, -0.1) is 0 Å². The monoisotopic (exact) mass is 336 g/mol. The standard InChI is InChI=1S/C19H20N4O2/c1-14(25-17-6-4-3-5-7-17)19(24)21-13-16-12-18(23(2)22-16)15-8-10-20-11-9-15/h3-12,14H,13H2,1-2H3,(H,21,24). The molecular weight excluding hydrogens is 316 g/mol. The van der Waals surface area contributed by atoms with Crippen molar-refractivity contribution in [1.29, 1.82) is 0 Å². The van der Waals surface area contributed by atoms with Gasteiger partial charge in [-0.05, 0) is 37.3 Å². The number of benzene rings is 1. The second kappa shape index (κ2) is 7.61. The summed E-state index contributed by atoms with van der Waals surface area (Å²) in [5.74, 6) is 0.489. The molecule has 3 aromatic rings. The van der Waals surface area contributed by atoms with Crippen LogP contribution in [0.4, 0.5) is 0 Å². The Kier molecular flexibility index (Phi) is 5.09. The fourth-order valence-electron chi connectivity index (χ4n) is 2.48. The molecule has 0 radical (unpaired) electrons. The number of nitrogens with one attached hydrogen (secondary N) is 1. The lowest BCUT2D eigenvalue weighted by Gasteiger charge is -2.14. The van der Waals surface area contributed by atoms with Crippen molar-refractivity contribution in [2.75, 3.05) is 0 Å². The minimum Gasteiger partial charge on any atom is -0.481 e. The maximum atomic E-state index is 12.2. The van der Waals surface area contributed by atoms with E-state index in [2.05, 4.69) is 15.4 Å². The summed E-state index contributed by atoms with van der Waals surface area (Å²) < 4.78 is 7.41. The molecule has 0 aliphatic rings. The number of rotatable bonds is 6. The van der Waals surface area contributed by atoms with Crippen LogP contribution in [0.3, 0.4) is 0 Å². The Morgan fingerprint density at radius 3 is 2.64 bits per heavy atom. The van der Waals surface area contributed by atoms with Crippen LogP contribution < -0.4 is 10.1 Å². The van der Waals surface area contributed by atoms with Crippen molar-refractivity contribution in [3.05, 3.63) is 66.6 Å². The van der Waals surface area contributed by atoms with E-state index in [4.69, 9.17) is 4.74 Å². The van der Waals surface area contributed by atoms with E-state index in [0.717, 1.165) is 17.0 Å². The molecule has 128 valence electrons. The number of nitrogens with zero attached hydrogens (tertiary/aromatic N) is 3. The number of aryl methyl sites for hydroxylation is 1. The summed E-state index contributed by atoms with van der Waals surface area (Å²) >= 11 is 0. The SMILES string of the molecule is CC(Oc1ccccc1)C(=O)NCc1cc(-c2ccncc2)n(C)n1.